The molecule has 2 heterocycles. The minimum atomic E-state index is -0.110. The van der Waals surface area contributed by atoms with Gasteiger partial charge in [0.25, 0.3) is 5.91 Å². The van der Waals surface area contributed by atoms with E-state index in [1.165, 1.54) is 5.56 Å². The topological polar surface area (TPSA) is 46.3 Å². The van der Waals surface area contributed by atoms with Crippen LogP contribution in [0.2, 0.25) is 0 Å². The average Bonchev–Trinajstić information content (AvgIpc) is 2.97. The van der Waals surface area contributed by atoms with Crippen LogP contribution in [0.1, 0.15) is 28.7 Å². The van der Waals surface area contributed by atoms with E-state index in [-0.39, 0.29) is 11.9 Å². The Bertz CT molecular complexity index is 805. The summed E-state index contributed by atoms with van der Waals surface area (Å²) in [5, 5.41) is 0.942. The Balaban J connectivity index is 1.75. The average molecular weight is 308 g/mol. The van der Waals surface area contributed by atoms with Crippen molar-refractivity contribution >= 4 is 16.9 Å². The zero-order chi connectivity index (χ0) is 16.4. The molecule has 3 aromatic rings. The van der Waals surface area contributed by atoms with Gasteiger partial charge in [-0.15, -0.1) is 0 Å². The van der Waals surface area contributed by atoms with Crippen molar-refractivity contribution < 1.29 is 9.21 Å². The highest BCUT2D eigenvalue weighted by Crippen LogP contribution is 2.20. The van der Waals surface area contributed by atoms with Gasteiger partial charge in [0, 0.05) is 36.8 Å². The third-order valence-corrected chi connectivity index (χ3v) is 4.09. The van der Waals surface area contributed by atoms with E-state index in [1.807, 2.05) is 44.2 Å². The Hall–Kier alpha value is -2.62. The molecular formula is C19H20N2O2. The number of hydrogen-bond donors (Lipinski definition) is 0. The predicted octanol–water partition coefficient (Wildman–Crippen LogP) is 3.84. The molecule has 1 aromatic carbocycles. The maximum absolute atomic E-state index is 12.6. The van der Waals surface area contributed by atoms with Crippen molar-refractivity contribution in [2.75, 3.05) is 7.05 Å². The Morgan fingerprint density at radius 2 is 2.04 bits per heavy atom. The van der Waals surface area contributed by atoms with Crippen molar-refractivity contribution in [3.8, 4) is 0 Å². The molecule has 2 aromatic heterocycles. The number of likely N-dealkylation sites (N-methyl/N-ethyl adjacent to an activating group) is 1. The second kappa shape index (κ2) is 6.24. The molecule has 23 heavy (non-hydrogen) atoms. The summed E-state index contributed by atoms with van der Waals surface area (Å²) < 4.78 is 5.66. The number of para-hydroxylation sites is 1. The highest BCUT2D eigenvalue weighted by Gasteiger charge is 2.21. The van der Waals surface area contributed by atoms with E-state index < -0.39 is 0 Å². The minimum absolute atomic E-state index is 0.0324. The lowest BCUT2D eigenvalue weighted by atomic mass is 10.1. The first-order chi connectivity index (χ1) is 11.0. The second-order valence-electron chi connectivity index (χ2n) is 5.94. The number of pyridine rings is 1. The van der Waals surface area contributed by atoms with Gasteiger partial charge >= 0.3 is 0 Å². The molecule has 4 heteroatoms. The first kappa shape index (κ1) is 15.3. The van der Waals surface area contributed by atoms with Crippen molar-refractivity contribution in [1.29, 1.82) is 0 Å². The molecule has 3 rings (SSSR count). The molecule has 0 N–H and O–H groups in total. The molecule has 0 bridgehead atoms. The number of aromatic nitrogens is 1. The van der Waals surface area contributed by atoms with Gasteiger partial charge in [-0.05, 0) is 43.7 Å². The van der Waals surface area contributed by atoms with Crippen molar-refractivity contribution in [3.05, 3.63) is 65.7 Å². The maximum Gasteiger partial charge on any atom is 0.289 e. The molecule has 0 aliphatic rings. The lowest BCUT2D eigenvalue weighted by Gasteiger charge is -2.23. The van der Waals surface area contributed by atoms with E-state index in [2.05, 4.69) is 11.1 Å². The molecule has 0 fully saturated rings. The molecule has 118 valence electrons. The van der Waals surface area contributed by atoms with Gasteiger partial charge < -0.3 is 9.32 Å². The first-order valence-corrected chi connectivity index (χ1v) is 7.72. The van der Waals surface area contributed by atoms with E-state index in [0.29, 0.717) is 12.2 Å². The third-order valence-electron chi connectivity index (χ3n) is 4.09. The number of carbonyl (C=O) groups excluding carboxylic acids is 1. The summed E-state index contributed by atoms with van der Waals surface area (Å²) in [4.78, 5) is 18.7. The van der Waals surface area contributed by atoms with Crippen LogP contribution in [0.15, 0.2) is 53.1 Å². The van der Waals surface area contributed by atoms with Crippen LogP contribution in [0.4, 0.5) is 0 Å². The molecular weight excluding hydrogens is 288 g/mol. The number of nitrogens with zero attached hydrogens (tertiary/aromatic N) is 2. The number of carbonyl (C=O) groups is 1. The van der Waals surface area contributed by atoms with Crippen molar-refractivity contribution in [1.82, 2.24) is 9.88 Å². The highest BCUT2D eigenvalue weighted by atomic mass is 16.3. The van der Waals surface area contributed by atoms with E-state index in [0.717, 1.165) is 16.7 Å². The van der Waals surface area contributed by atoms with Crippen molar-refractivity contribution in [3.63, 3.8) is 0 Å². The molecule has 4 nitrogen and oxygen atoms in total. The highest BCUT2D eigenvalue weighted by molar-refractivity contribution is 5.96. The van der Waals surface area contributed by atoms with Crippen LogP contribution in [0.25, 0.3) is 11.0 Å². The van der Waals surface area contributed by atoms with E-state index in [4.69, 9.17) is 4.42 Å². The smallest absolute Gasteiger partial charge is 0.289 e. The number of fused-ring (bicyclic) bond motifs is 1. The van der Waals surface area contributed by atoms with Crippen LogP contribution in [-0.2, 0) is 6.42 Å². The summed E-state index contributed by atoms with van der Waals surface area (Å²) in [6.45, 7) is 4.06. The summed E-state index contributed by atoms with van der Waals surface area (Å²) in [6.07, 6.45) is 2.52. The maximum atomic E-state index is 12.6. The van der Waals surface area contributed by atoms with Gasteiger partial charge in [-0.3, -0.25) is 9.78 Å². The Morgan fingerprint density at radius 3 is 2.78 bits per heavy atom. The molecule has 0 radical (unpaired) electrons. The Labute approximate surface area is 135 Å². The zero-order valence-electron chi connectivity index (χ0n) is 13.6. The first-order valence-electron chi connectivity index (χ1n) is 7.72. The quantitative estimate of drug-likeness (QED) is 0.735. The monoisotopic (exact) mass is 308 g/mol. The SMILES string of the molecule is Cc1ccnc(C[C@H](C)N(C)C(=O)c2cc3ccccc3o2)c1. The molecule has 0 aliphatic carbocycles. The van der Waals surface area contributed by atoms with E-state index in [9.17, 15) is 4.79 Å². The summed E-state index contributed by atoms with van der Waals surface area (Å²) in [7, 11) is 1.80. The third kappa shape index (κ3) is 3.26. The van der Waals surface area contributed by atoms with Gasteiger partial charge in [-0.1, -0.05) is 18.2 Å². The largest absolute Gasteiger partial charge is 0.451 e. The van der Waals surface area contributed by atoms with Crippen LogP contribution in [0.3, 0.4) is 0 Å². The van der Waals surface area contributed by atoms with E-state index in [1.54, 1.807) is 24.2 Å². The normalized spacial score (nSPS) is 12.3. The van der Waals surface area contributed by atoms with Crippen LogP contribution >= 0.6 is 0 Å². The fourth-order valence-electron chi connectivity index (χ4n) is 2.61. The number of rotatable bonds is 4. The van der Waals surface area contributed by atoms with Crippen LogP contribution in [-0.4, -0.2) is 28.9 Å². The van der Waals surface area contributed by atoms with Gasteiger partial charge in [0.05, 0.1) is 0 Å². The standard InChI is InChI=1S/C19H20N2O2/c1-13-8-9-20-16(10-13)11-14(2)21(3)19(22)18-12-15-6-4-5-7-17(15)23-18/h4-10,12,14H,11H2,1-3H3/t14-/m0/s1. The lowest BCUT2D eigenvalue weighted by Crippen LogP contribution is -2.36. The van der Waals surface area contributed by atoms with Gasteiger partial charge in [0.2, 0.25) is 0 Å². The van der Waals surface area contributed by atoms with Crippen LogP contribution in [0.5, 0.6) is 0 Å². The molecule has 0 aliphatic heterocycles. The Morgan fingerprint density at radius 1 is 1.26 bits per heavy atom. The van der Waals surface area contributed by atoms with Gasteiger partial charge in [-0.25, -0.2) is 0 Å². The fraction of sp³-hybridized carbons (Fsp3) is 0.263. The van der Waals surface area contributed by atoms with E-state index >= 15 is 0 Å². The van der Waals surface area contributed by atoms with Gasteiger partial charge in [0.1, 0.15) is 5.58 Å². The number of benzene rings is 1. The van der Waals surface area contributed by atoms with Crippen molar-refractivity contribution in [2.45, 2.75) is 26.3 Å². The molecule has 0 unspecified atom stereocenters. The minimum Gasteiger partial charge on any atom is -0.451 e. The number of aryl methyl sites for hydroxylation is 1. The van der Waals surface area contributed by atoms with Crippen LogP contribution in [0, 0.1) is 6.92 Å². The van der Waals surface area contributed by atoms with Crippen LogP contribution < -0.4 is 0 Å². The summed E-state index contributed by atoms with van der Waals surface area (Å²) >= 11 is 0. The number of hydrogen-bond acceptors (Lipinski definition) is 3. The molecule has 1 amide bonds. The molecule has 0 saturated carbocycles. The Kier molecular flexibility index (Phi) is 4.15. The molecule has 0 spiro atoms. The van der Waals surface area contributed by atoms with Crippen molar-refractivity contribution in [2.24, 2.45) is 0 Å². The number of amides is 1. The second-order valence-corrected chi connectivity index (χ2v) is 5.94. The molecule has 0 saturated heterocycles. The zero-order valence-corrected chi connectivity index (χ0v) is 13.6. The molecule has 1 atom stereocenters. The van der Waals surface area contributed by atoms with Gasteiger partial charge in [0.15, 0.2) is 5.76 Å². The predicted molar refractivity (Wildman–Crippen MR) is 90.4 cm³/mol. The summed E-state index contributed by atoms with van der Waals surface area (Å²) in [5.74, 6) is 0.263. The summed E-state index contributed by atoms with van der Waals surface area (Å²) in [6, 6.07) is 13.5. The van der Waals surface area contributed by atoms with Gasteiger partial charge in [-0.2, -0.15) is 0 Å². The number of furan rings is 1. The fourth-order valence-corrected chi connectivity index (χ4v) is 2.61. The lowest BCUT2D eigenvalue weighted by molar-refractivity contribution is 0.0713. The summed E-state index contributed by atoms with van der Waals surface area (Å²) in [5.41, 5.74) is 2.90.